The Morgan fingerprint density at radius 1 is 1.22 bits per heavy atom. The molecule has 0 bridgehead atoms. The first-order valence-electron chi connectivity index (χ1n) is 10.1. The van der Waals surface area contributed by atoms with E-state index in [-0.39, 0.29) is 24.1 Å². The normalized spacial score (nSPS) is 18.3. The molecule has 1 fully saturated rings. The number of ether oxygens (including phenoxy) is 1. The van der Waals surface area contributed by atoms with Gasteiger partial charge in [-0.25, -0.2) is 19.8 Å². The predicted molar refractivity (Wildman–Crippen MR) is 115 cm³/mol. The van der Waals surface area contributed by atoms with Gasteiger partial charge in [0.15, 0.2) is 5.82 Å². The molecule has 166 valence electrons. The van der Waals surface area contributed by atoms with Gasteiger partial charge in [0.1, 0.15) is 11.8 Å². The number of urea groups is 1. The Morgan fingerprint density at radius 3 is 2.72 bits per heavy atom. The van der Waals surface area contributed by atoms with Crippen LogP contribution in [0.1, 0.15) is 27.9 Å². The van der Waals surface area contributed by atoms with Gasteiger partial charge in [0.25, 0.3) is 5.88 Å². The molecule has 1 unspecified atom stereocenters. The fourth-order valence-electron chi connectivity index (χ4n) is 3.75. The minimum absolute atomic E-state index is 0.134. The van der Waals surface area contributed by atoms with Crippen LogP contribution < -0.4 is 4.74 Å². The second-order valence-electron chi connectivity index (χ2n) is 7.75. The SMILES string of the molecule is Cc1ncc(C2CC=NN2C(=O)N2CC(Oc3nc(-c4c(C)cnn4C)ncc3F)C2)s1. The molecule has 3 aromatic rings. The van der Waals surface area contributed by atoms with E-state index >= 15 is 0 Å². The number of thiazole rings is 1. The number of nitrogens with zero attached hydrogens (tertiary/aromatic N) is 8. The molecular weight excluding hydrogens is 435 g/mol. The standard InChI is InChI=1S/C20H21FN8O2S/c1-11-6-25-27(3)17(11)18-23-7-14(21)19(26-18)31-13-9-28(10-13)20(30)29-15(4-5-24-29)16-8-22-12(2)32-16/h5-8,13,15H,4,9-10H2,1-3H3. The highest BCUT2D eigenvalue weighted by molar-refractivity contribution is 7.11. The molecule has 0 radical (unpaired) electrons. The van der Waals surface area contributed by atoms with E-state index in [1.165, 1.54) is 5.01 Å². The Hall–Kier alpha value is -3.41. The summed E-state index contributed by atoms with van der Waals surface area (Å²) < 4.78 is 21.7. The second-order valence-corrected chi connectivity index (χ2v) is 9.02. The van der Waals surface area contributed by atoms with E-state index in [0.717, 1.165) is 21.6 Å². The van der Waals surface area contributed by atoms with Crippen LogP contribution in [0.3, 0.4) is 0 Å². The average Bonchev–Trinajstić information content (AvgIpc) is 3.46. The molecule has 5 rings (SSSR count). The third-order valence-corrected chi connectivity index (χ3v) is 6.45. The number of hydrogen-bond acceptors (Lipinski definition) is 8. The van der Waals surface area contributed by atoms with Crippen molar-refractivity contribution in [3.8, 4) is 17.4 Å². The van der Waals surface area contributed by atoms with Crippen LogP contribution in [0.2, 0.25) is 0 Å². The zero-order chi connectivity index (χ0) is 22.4. The summed E-state index contributed by atoms with van der Waals surface area (Å²) in [6, 6.07) is -0.346. The number of hydrogen-bond donors (Lipinski definition) is 0. The van der Waals surface area contributed by atoms with Gasteiger partial charge in [-0.15, -0.1) is 11.3 Å². The molecule has 2 amide bonds. The summed E-state index contributed by atoms with van der Waals surface area (Å²) in [5, 5.41) is 10.9. The first-order chi connectivity index (χ1) is 15.4. The van der Waals surface area contributed by atoms with E-state index in [1.807, 2.05) is 13.8 Å². The van der Waals surface area contributed by atoms with E-state index in [1.54, 1.807) is 46.6 Å². The number of aromatic nitrogens is 5. The number of amides is 2. The molecule has 1 atom stereocenters. The highest BCUT2D eigenvalue weighted by atomic mass is 32.1. The summed E-state index contributed by atoms with van der Waals surface area (Å²) in [6.07, 6.45) is 6.61. The minimum Gasteiger partial charge on any atom is -0.468 e. The topological polar surface area (TPSA) is 102 Å². The van der Waals surface area contributed by atoms with Gasteiger partial charge in [-0.05, 0) is 19.4 Å². The van der Waals surface area contributed by atoms with Gasteiger partial charge in [0.2, 0.25) is 5.82 Å². The minimum atomic E-state index is -0.650. The van der Waals surface area contributed by atoms with E-state index in [9.17, 15) is 9.18 Å². The van der Waals surface area contributed by atoms with Crippen LogP contribution in [0.4, 0.5) is 9.18 Å². The van der Waals surface area contributed by atoms with E-state index in [2.05, 4.69) is 25.2 Å². The second kappa shape index (κ2) is 7.93. The number of aryl methyl sites for hydroxylation is 3. The number of rotatable bonds is 4. The quantitative estimate of drug-likeness (QED) is 0.598. The van der Waals surface area contributed by atoms with Gasteiger partial charge in [-0.2, -0.15) is 19.6 Å². The lowest BCUT2D eigenvalue weighted by molar-refractivity contribution is 0.0231. The molecule has 2 aliphatic heterocycles. The summed E-state index contributed by atoms with van der Waals surface area (Å²) in [5.74, 6) is -0.451. The Labute approximate surface area is 187 Å². The number of halogens is 1. The van der Waals surface area contributed by atoms with Gasteiger partial charge < -0.3 is 9.64 Å². The molecule has 1 saturated heterocycles. The zero-order valence-electron chi connectivity index (χ0n) is 17.8. The number of carbonyl (C=O) groups excluding carboxylic acids is 1. The maximum atomic E-state index is 14.3. The molecule has 12 heteroatoms. The summed E-state index contributed by atoms with van der Waals surface area (Å²) in [5.41, 5.74) is 1.57. The highest BCUT2D eigenvalue weighted by Gasteiger charge is 2.39. The van der Waals surface area contributed by atoms with Crippen molar-refractivity contribution < 1.29 is 13.9 Å². The summed E-state index contributed by atoms with van der Waals surface area (Å²) in [4.78, 5) is 28.1. The van der Waals surface area contributed by atoms with Crippen LogP contribution in [-0.4, -0.2) is 66.1 Å². The molecule has 0 saturated carbocycles. The van der Waals surface area contributed by atoms with Crippen LogP contribution in [0, 0.1) is 19.7 Å². The van der Waals surface area contributed by atoms with Gasteiger partial charge in [0, 0.05) is 30.8 Å². The molecule has 10 nitrogen and oxygen atoms in total. The highest BCUT2D eigenvalue weighted by Crippen LogP contribution is 2.33. The lowest BCUT2D eigenvalue weighted by Crippen LogP contribution is -2.59. The van der Waals surface area contributed by atoms with Crippen molar-refractivity contribution in [2.75, 3.05) is 13.1 Å². The molecule has 0 spiro atoms. The molecule has 0 aromatic carbocycles. The maximum Gasteiger partial charge on any atom is 0.341 e. The van der Waals surface area contributed by atoms with Crippen molar-refractivity contribution in [3.05, 3.63) is 39.9 Å². The van der Waals surface area contributed by atoms with Crippen LogP contribution in [0.5, 0.6) is 5.88 Å². The summed E-state index contributed by atoms with van der Waals surface area (Å²) in [7, 11) is 1.77. The molecule has 0 N–H and O–H groups in total. The number of hydrazone groups is 1. The Balaban J connectivity index is 1.24. The lowest BCUT2D eigenvalue weighted by atomic mass is 10.1. The third kappa shape index (κ3) is 3.60. The lowest BCUT2D eigenvalue weighted by Gasteiger charge is -2.40. The molecule has 0 aliphatic carbocycles. The monoisotopic (exact) mass is 456 g/mol. The van der Waals surface area contributed by atoms with Gasteiger partial charge in [-0.1, -0.05) is 0 Å². The third-order valence-electron chi connectivity index (χ3n) is 5.44. The van der Waals surface area contributed by atoms with Crippen molar-refractivity contribution in [2.24, 2.45) is 12.1 Å². The molecule has 5 heterocycles. The smallest absolute Gasteiger partial charge is 0.341 e. The molecular formula is C20H21FN8O2S. The average molecular weight is 457 g/mol. The Morgan fingerprint density at radius 2 is 2.03 bits per heavy atom. The Bertz CT molecular complexity index is 1180. The first kappa shape index (κ1) is 20.5. The van der Waals surface area contributed by atoms with Crippen LogP contribution in [0.25, 0.3) is 11.5 Å². The van der Waals surface area contributed by atoms with Crippen LogP contribution in [0.15, 0.2) is 23.7 Å². The van der Waals surface area contributed by atoms with Crippen molar-refractivity contribution >= 4 is 23.6 Å². The van der Waals surface area contributed by atoms with Crippen LogP contribution >= 0.6 is 11.3 Å². The fourth-order valence-corrected chi connectivity index (χ4v) is 4.64. The maximum absolute atomic E-state index is 14.3. The number of carbonyl (C=O) groups is 1. The van der Waals surface area contributed by atoms with Gasteiger partial charge in [0.05, 0.1) is 36.5 Å². The van der Waals surface area contributed by atoms with Crippen molar-refractivity contribution in [1.82, 2.24) is 34.6 Å². The van der Waals surface area contributed by atoms with Crippen molar-refractivity contribution in [1.29, 1.82) is 0 Å². The molecule has 2 aliphatic rings. The van der Waals surface area contributed by atoms with Gasteiger partial charge in [-0.3, -0.25) is 4.68 Å². The molecule has 32 heavy (non-hydrogen) atoms. The molecule has 3 aromatic heterocycles. The van der Waals surface area contributed by atoms with Crippen molar-refractivity contribution in [2.45, 2.75) is 32.4 Å². The van der Waals surface area contributed by atoms with Crippen LogP contribution in [-0.2, 0) is 7.05 Å². The number of likely N-dealkylation sites (tertiary alicyclic amines) is 1. The fraction of sp³-hybridized carbons (Fsp3) is 0.400. The van der Waals surface area contributed by atoms with Crippen molar-refractivity contribution in [3.63, 3.8) is 0 Å². The first-order valence-corrected chi connectivity index (χ1v) is 10.9. The van der Waals surface area contributed by atoms with E-state index < -0.39 is 5.82 Å². The zero-order valence-corrected chi connectivity index (χ0v) is 18.6. The van der Waals surface area contributed by atoms with Gasteiger partial charge >= 0.3 is 6.03 Å². The predicted octanol–water partition coefficient (Wildman–Crippen LogP) is 2.71. The summed E-state index contributed by atoms with van der Waals surface area (Å²) in [6.45, 7) is 4.46. The van der Waals surface area contributed by atoms with E-state index in [0.29, 0.717) is 31.0 Å². The Kier molecular flexibility index (Phi) is 5.08. The van der Waals surface area contributed by atoms with E-state index in [4.69, 9.17) is 4.74 Å². The largest absolute Gasteiger partial charge is 0.468 e. The summed E-state index contributed by atoms with van der Waals surface area (Å²) >= 11 is 1.56.